The highest BCUT2D eigenvalue weighted by Crippen LogP contribution is 2.09. The van der Waals surface area contributed by atoms with Crippen LogP contribution in [0.4, 0.5) is 0 Å². The quantitative estimate of drug-likeness (QED) is 0.792. The van der Waals surface area contributed by atoms with E-state index in [9.17, 15) is 4.79 Å². The number of nitrogens with zero attached hydrogens (tertiary/aromatic N) is 1. The number of nitrogens with one attached hydrogen (secondary N) is 2. The molecule has 88 valence electrons. The molecule has 1 aromatic rings. The van der Waals surface area contributed by atoms with Gasteiger partial charge in [0.2, 0.25) is 0 Å². The average Bonchev–Trinajstić information content (AvgIpc) is 2.78. The van der Waals surface area contributed by atoms with Crippen LogP contribution in [0.1, 0.15) is 36.0 Å². The Morgan fingerprint density at radius 2 is 2.62 bits per heavy atom. The maximum Gasteiger partial charge on any atom is 0.273 e. The second kappa shape index (κ2) is 5.12. The maximum atomic E-state index is 11.9. The van der Waals surface area contributed by atoms with Crippen molar-refractivity contribution < 1.29 is 9.21 Å². The highest BCUT2D eigenvalue weighted by atomic mass is 16.3. The minimum absolute atomic E-state index is 0.126. The van der Waals surface area contributed by atoms with Crippen LogP contribution in [-0.4, -0.2) is 30.0 Å². The van der Waals surface area contributed by atoms with Crippen LogP contribution in [0.3, 0.4) is 0 Å². The number of piperidine rings is 1. The van der Waals surface area contributed by atoms with E-state index in [4.69, 9.17) is 4.42 Å². The first-order valence-electron chi connectivity index (χ1n) is 5.75. The van der Waals surface area contributed by atoms with Crippen molar-refractivity contribution in [2.24, 2.45) is 0 Å². The summed E-state index contributed by atoms with van der Waals surface area (Å²) in [4.78, 5) is 15.8. The molecule has 0 aromatic carbocycles. The summed E-state index contributed by atoms with van der Waals surface area (Å²) in [6.45, 7) is 3.82. The monoisotopic (exact) mass is 223 g/mol. The van der Waals surface area contributed by atoms with Crippen molar-refractivity contribution in [3.8, 4) is 0 Å². The highest BCUT2D eigenvalue weighted by molar-refractivity contribution is 5.93. The van der Waals surface area contributed by atoms with Crippen molar-refractivity contribution >= 4 is 5.91 Å². The van der Waals surface area contributed by atoms with Gasteiger partial charge in [0.05, 0.1) is 0 Å². The van der Waals surface area contributed by atoms with Gasteiger partial charge < -0.3 is 15.1 Å². The van der Waals surface area contributed by atoms with Gasteiger partial charge in [-0.1, -0.05) is 6.92 Å². The molecule has 2 rings (SSSR count). The zero-order valence-electron chi connectivity index (χ0n) is 9.45. The molecule has 0 saturated carbocycles. The van der Waals surface area contributed by atoms with Crippen LogP contribution >= 0.6 is 0 Å². The van der Waals surface area contributed by atoms with Crippen LogP contribution in [-0.2, 0) is 6.42 Å². The second-order valence-corrected chi connectivity index (χ2v) is 3.99. The van der Waals surface area contributed by atoms with Gasteiger partial charge in [0.1, 0.15) is 5.76 Å². The third kappa shape index (κ3) is 2.41. The lowest BCUT2D eigenvalue weighted by atomic mass is 10.1. The molecule has 5 nitrogen and oxygen atoms in total. The Balaban J connectivity index is 1.96. The van der Waals surface area contributed by atoms with E-state index in [1.54, 1.807) is 0 Å². The summed E-state index contributed by atoms with van der Waals surface area (Å²) in [7, 11) is 0. The summed E-state index contributed by atoms with van der Waals surface area (Å²) in [6, 6.07) is 0.211. The fraction of sp³-hybridized carbons (Fsp3) is 0.636. The average molecular weight is 223 g/mol. The molecule has 0 radical (unpaired) electrons. The molecule has 1 aliphatic heterocycles. The molecule has 0 spiro atoms. The molecule has 0 unspecified atom stereocenters. The minimum atomic E-state index is -0.126. The number of amides is 1. The van der Waals surface area contributed by atoms with E-state index < -0.39 is 0 Å². The van der Waals surface area contributed by atoms with Gasteiger partial charge in [-0.15, -0.1) is 0 Å². The SMILES string of the molecule is CCc1ocnc1C(=O)N[C@H]1CCCNC1. The highest BCUT2D eigenvalue weighted by Gasteiger charge is 2.20. The molecule has 2 N–H and O–H groups in total. The predicted molar refractivity (Wildman–Crippen MR) is 59.2 cm³/mol. The first kappa shape index (κ1) is 11.1. The van der Waals surface area contributed by atoms with E-state index in [1.165, 1.54) is 6.39 Å². The summed E-state index contributed by atoms with van der Waals surface area (Å²) >= 11 is 0. The van der Waals surface area contributed by atoms with Gasteiger partial charge in [-0.2, -0.15) is 0 Å². The molecule has 1 saturated heterocycles. The maximum absolute atomic E-state index is 11.9. The molecular formula is C11H17N3O2. The van der Waals surface area contributed by atoms with Crippen molar-refractivity contribution in [1.82, 2.24) is 15.6 Å². The van der Waals surface area contributed by atoms with Crippen LogP contribution in [0.5, 0.6) is 0 Å². The number of aromatic nitrogens is 1. The van der Waals surface area contributed by atoms with E-state index >= 15 is 0 Å². The molecule has 16 heavy (non-hydrogen) atoms. The fourth-order valence-electron chi connectivity index (χ4n) is 1.94. The molecule has 2 heterocycles. The van der Waals surface area contributed by atoms with Crippen molar-refractivity contribution in [3.63, 3.8) is 0 Å². The number of rotatable bonds is 3. The Labute approximate surface area is 94.6 Å². The lowest BCUT2D eigenvalue weighted by Gasteiger charge is -2.23. The van der Waals surface area contributed by atoms with Gasteiger partial charge in [0, 0.05) is 19.0 Å². The van der Waals surface area contributed by atoms with Crippen LogP contribution < -0.4 is 10.6 Å². The number of carbonyl (C=O) groups is 1. The molecule has 1 amide bonds. The Bertz CT molecular complexity index is 356. The molecule has 1 aromatic heterocycles. The first-order chi connectivity index (χ1) is 7.81. The number of carbonyl (C=O) groups excluding carboxylic acids is 1. The minimum Gasteiger partial charge on any atom is -0.448 e. The van der Waals surface area contributed by atoms with Crippen LogP contribution in [0.15, 0.2) is 10.8 Å². The Morgan fingerprint density at radius 1 is 1.75 bits per heavy atom. The third-order valence-corrected chi connectivity index (χ3v) is 2.81. The van der Waals surface area contributed by atoms with Gasteiger partial charge in [-0.3, -0.25) is 4.79 Å². The molecule has 1 aliphatic rings. The molecule has 1 fully saturated rings. The fourth-order valence-corrected chi connectivity index (χ4v) is 1.94. The van der Waals surface area contributed by atoms with E-state index in [0.717, 1.165) is 25.9 Å². The van der Waals surface area contributed by atoms with E-state index in [-0.39, 0.29) is 11.9 Å². The normalized spacial score (nSPS) is 20.7. The lowest BCUT2D eigenvalue weighted by molar-refractivity contribution is 0.0924. The second-order valence-electron chi connectivity index (χ2n) is 3.99. The van der Waals surface area contributed by atoms with E-state index in [1.807, 2.05) is 6.92 Å². The summed E-state index contributed by atoms with van der Waals surface area (Å²) < 4.78 is 5.14. The molecule has 1 atom stereocenters. The number of hydrogen-bond acceptors (Lipinski definition) is 4. The lowest BCUT2D eigenvalue weighted by Crippen LogP contribution is -2.45. The third-order valence-electron chi connectivity index (χ3n) is 2.81. The molecular weight excluding hydrogens is 206 g/mol. The predicted octanol–water partition coefficient (Wildman–Crippen LogP) is 0.719. The van der Waals surface area contributed by atoms with Gasteiger partial charge >= 0.3 is 0 Å². The van der Waals surface area contributed by atoms with Crippen molar-refractivity contribution in [1.29, 1.82) is 0 Å². The van der Waals surface area contributed by atoms with Gasteiger partial charge in [-0.25, -0.2) is 4.98 Å². The summed E-state index contributed by atoms with van der Waals surface area (Å²) in [5, 5.41) is 6.23. The zero-order chi connectivity index (χ0) is 11.4. The smallest absolute Gasteiger partial charge is 0.273 e. The number of hydrogen-bond donors (Lipinski definition) is 2. The van der Waals surface area contributed by atoms with Crippen molar-refractivity contribution in [3.05, 3.63) is 17.8 Å². The largest absolute Gasteiger partial charge is 0.448 e. The zero-order valence-corrected chi connectivity index (χ0v) is 9.45. The van der Waals surface area contributed by atoms with Crippen LogP contribution in [0.25, 0.3) is 0 Å². The van der Waals surface area contributed by atoms with Gasteiger partial charge in [0.25, 0.3) is 5.91 Å². The van der Waals surface area contributed by atoms with Gasteiger partial charge in [0.15, 0.2) is 12.1 Å². The van der Waals surface area contributed by atoms with E-state index in [2.05, 4.69) is 15.6 Å². The van der Waals surface area contributed by atoms with E-state index in [0.29, 0.717) is 17.9 Å². The molecule has 0 bridgehead atoms. The summed E-state index contributed by atoms with van der Waals surface area (Å²) in [5.74, 6) is 0.528. The van der Waals surface area contributed by atoms with Crippen molar-refractivity contribution in [2.45, 2.75) is 32.2 Å². The number of oxazole rings is 1. The Hall–Kier alpha value is -1.36. The molecule has 0 aliphatic carbocycles. The Morgan fingerprint density at radius 3 is 3.31 bits per heavy atom. The van der Waals surface area contributed by atoms with Crippen LogP contribution in [0, 0.1) is 0 Å². The summed E-state index contributed by atoms with van der Waals surface area (Å²) in [6.07, 6.45) is 4.14. The van der Waals surface area contributed by atoms with Gasteiger partial charge in [-0.05, 0) is 19.4 Å². The Kier molecular flexibility index (Phi) is 3.56. The topological polar surface area (TPSA) is 67.2 Å². The first-order valence-corrected chi connectivity index (χ1v) is 5.75. The standard InChI is InChI=1S/C11H17N3O2/c1-2-9-10(13-7-16-9)11(15)14-8-4-3-5-12-6-8/h7-8,12H,2-6H2,1H3,(H,14,15)/t8-/m0/s1. The summed E-state index contributed by atoms with van der Waals surface area (Å²) in [5.41, 5.74) is 0.424. The van der Waals surface area contributed by atoms with Crippen molar-refractivity contribution in [2.75, 3.05) is 13.1 Å². The van der Waals surface area contributed by atoms with Crippen LogP contribution in [0.2, 0.25) is 0 Å². The molecule has 5 heteroatoms. The number of aryl methyl sites for hydroxylation is 1.